The van der Waals surface area contributed by atoms with Gasteiger partial charge >= 0.3 is 0 Å². The zero-order valence-electron chi connectivity index (χ0n) is 17.2. The first-order chi connectivity index (χ1) is 14.5. The highest BCUT2D eigenvalue weighted by atomic mass is 32.2. The van der Waals surface area contributed by atoms with Crippen LogP contribution >= 0.6 is 0 Å². The number of likely N-dealkylation sites (tertiary alicyclic amines) is 1. The second-order valence-electron chi connectivity index (χ2n) is 7.98. The van der Waals surface area contributed by atoms with Gasteiger partial charge in [0, 0.05) is 18.7 Å². The zero-order valence-corrected chi connectivity index (χ0v) is 18.0. The molecule has 1 unspecified atom stereocenters. The third-order valence-corrected chi connectivity index (χ3v) is 7.16. The number of rotatable bonds is 8. The van der Waals surface area contributed by atoms with Crippen molar-refractivity contribution in [2.75, 3.05) is 19.7 Å². The number of carbonyl (C=O) groups is 1. The van der Waals surface area contributed by atoms with Crippen molar-refractivity contribution in [2.24, 2.45) is 5.92 Å². The third kappa shape index (κ3) is 4.68. The molecule has 160 valence electrons. The molecule has 1 N–H and O–H groups in total. The Kier molecular flexibility index (Phi) is 6.11. The van der Waals surface area contributed by atoms with Gasteiger partial charge in [0.25, 0.3) is 5.91 Å². The standard InChI is InChI=1S/C23H28N2O4S/c1-2-29-20-12-10-18(11-13-20)22-7-4-14-25(22)23(26)19-5-3-6-21(15-19)30(27,28)24-16-17-8-9-17/h3,5-6,10-13,15,17,22,24H,2,4,7-9,14,16H2,1H3. The maximum absolute atomic E-state index is 13.2. The van der Waals surface area contributed by atoms with Crippen molar-refractivity contribution >= 4 is 15.9 Å². The number of nitrogens with one attached hydrogen (secondary N) is 1. The molecule has 2 fully saturated rings. The highest BCUT2D eigenvalue weighted by Gasteiger charge is 2.31. The van der Waals surface area contributed by atoms with Crippen LogP contribution in [0.3, 0.4) is 0 Å². The first kappa shape index (κ1) is 20.9. The van der Waals surface area contributed by atoms with E-state index in [0.29, 0.717) is 31.2 Å². The van der Waals surface area contributed by atoms with E-state index in [1.165, 1.54) is 6.07 Å². The fourth-order valence-electron chi connectivity index (χ4n) is 3.90. The van der Waals surface area contributed by atoms with Crippen LogP contribution in [0.15, 0.2) is 53.4 Å². The van der Waals surface area contributed by atoms with Gasteiger partial charge in [-0.2, -0.15) is 0 Å². The summed E-state index contributed by atoms with van der Waals surface area (Å²) in [5, 5.41) is 0. The summed E-state index contributed by atoms with van der Waals surface area (Å²) in [6.07, 6.45) is 3.96. The number of hydrogen-bond donors (Lipinski definition) is 1. The van der Waals surface area contributed by atoms with E-state index in [1.54, 1.807) is 18.2 Å². The average Bonchev–Trinajstić information content (AvgIpc) is 3.47. The number of ether oxygens (including phenoxy) is 1. The minimum Gasteiger partial charge on any atom is -0.494 e. The van der Waals surface area contributed by atoms with Gasteiger partial charge in [-0.15, -0.1) is 0 Å². The molecule has 30 heavy (non-hydrogen) atoms. The summed E-state index contributed by atoms with van der Waals surface area (Å²) in [5.41, 5.74) is 1.47. The molecule has 1 heterocycles. The Bertz CT molecular complexity index is 1000. The zero-order chi connectivity index (χ0) is 21.1. The molecule has 1 aliphatic carbocycles. The monoisotopic (exact) mass is 428 g/mol. The van der Waals surface area contributed by atoms with Crippen LogP contribution in [0, 0.1) is 5.92 Å². The molecule has 1 aliphatic heterocycles. The highest BCUT2D eigenvalue weighted by molar-refractivity contribution is 7.89. The maximum Gasteiger partial charge on any atom is 0.254 e. The molecule has 0 spiro atoms. The van der Waals surface area contributed by atoms with Crippen LogP contribution in [0.25, 0.3) is 0 Å². The van der Waals surface area contributed by atoms with Crippen molar-refractivity contribution in [2.45, 2.75) is 43.5 Å². The van der Waals surface area contributed by atoms with Crippen LogP contribution in [0.5, 0.6) is 5.75 Å². The molecule has 4 rings (SSSR count). The van der Waals surface area contributed by atoms with Gasteiger partial charge in [-0.05, 0) is 74.4 Å². The second-order valence-corrected chi connectivity index (χ2v) is 9.75. The average molecular weight is 429 g/mol. The summed E-state index contributed by atoms with van der Waals surface area (Å²) in [5.74, 6) is 1.13. The summed E-state index contributed by atoms with van der Waals surface area (Å²) in [6.45, 7) is 3.68. The molecule has 2 aromatic carbocycles. The molecule has 1 atom stereocenters. The Morgan fingerprint density at radius 1 is 1.13 bits per heavy atom. The van der Waals surface area contributed by atoms with Gasteiger partial charge in [0.1, 0.15) is 5.75 Å². The molecular weight excluding hydrogens is 400 g/mol. The van der Waals surface area contributed by atoms with Gasteiger partial charge in [0.15, 0.2) is 0 Å². The van der Waals surface area contributed by atoms with Gasteiger partial charge in [0.05, 0.1) is 17.5 Å². The predicted octanol–water partition coefficient (Wildman–Crippen LogP) is 3.75. The summed E-state index contributed by atoms with van der Waals surface area (Å²) in [7, 11) is -3.61. The van der Waals surface area contributed by atoms with Crippen LogP contribution < -0.4 is 9.46 Å². The minimum absolute atomic E-state index is 0.0126. The minimum atomic E-state index is -3.61. The lowest BCUT2D eigenvalue weighted by Crippen LogP contribution is -2.31. The molecule has 0 radical (unpaired) electrons. The van der Waals surface area contributed by atoms with Crippen molar-refractivity contribution in [3.8, 4) is 5.75 Å². The molecule has 1 saturated carbocycles. The van der Waals surface area contributed by atoms with Crippen molar-refractivity contribution < 1.29 is 17.9 Å². The van der Waals surface area contributed by atoms with E-state index in [9.17, 15) is 13.2 Å². The Balaban J connectivity index is 1.51. The molecule has 2 aromatic rings. The molecular formula is C23H28N2O4S. The molecule has 7 heteroatoms. The van der Waals surface area contributed by atoms with E-state index >= 15 is 0 Å². The molecule has 6 nitrogen and oxygen atoms in total. The van der Waals surface area contributed by atoms with Gasteiger partial charge in [0.2, 0.25) is 10.0 Å². The fraction of sp³-hybridized carbons (Fsp3) is 0.435. The Hall–Kier alpha value is -2.38. The van der Waals surface area contributed by atoms with Gasteiger partial charge < -0.3 is 9.64 Å². The fourth-order valence-corrected chi connectivity index (χ4v) is 5.07. The van der Waals surface area contributed by atoms with E-state index in [1.807, 2.05) is 36.1 Å². The molecule has 1 saturated heterocycles. The van der Waals surface area contributed by atoms with Gasteiger partial charge in [-0.1, -0.05) is 18.2 Å². The smallest absolute Gasteiger partial charge is 0.254 e. The second kappa shape index (κ2) is 8.78. The van der Waals surface area contributed by atoms with E-state index < -0.39 is 10.0 Å². The van der Waals surface area contributed by atoms with Crippen molar-refractivity contribution in [1.82, 2.24) is 9.62 Å². The number of amides is 1. The van der Waals surface area contributed by atoms with Crippen LogP contribution in [-0.4, -0.2) is 38.9 Å². The van der Waals surface area contributed by atoms with Crippen molar-refractivity contribution in [1.29, 1.82) is 0 Å². The predicted molar refractivity (Wildman–Crippen MR) is 115 cm³/mol. The summed E-state index contributed by atoms with van der Waals surface area (Å²) >= 11 is 0. The topological polar surface area (TPSA) is 75.7 Å². The van der Waals surface area contributed by atoms with E-state index in [-0.39, 0.29) is 16.8 Å². The first-order valence-corrected chi connectivity index (χ1v) is 12.1. The van der Waals surface area contributed by atoms with Crippen LogP contribution in [0.4, 0.5) is 0 Å². The molecule has 1 amide bonds. The lowest BCUT2D eigenvalue weighted by Gasteiger charge is -2.25. The lowest BCUT2D eigenvalue weighted by atomic mass is 10.0. The van der Waals surface area contributed by atoms with Crippen LogP contribution in [0.2, 0.25) is 0 Å². The number of nitrogens with zero attached hydrogens (tertiary/aromatic N) is 1. The van der Waals surface area contributed by atoms with Gasteiger partial charge in [-0.25, -0.2) is 13.1 Å². The Morgan fingerprint density at radius 3 is 2.60 bits per heavy atom. The Labute approximate surface area is 178 Å². The molecule has 0 aromatic heterocycles. The number of benzene rings is 2. The lowest BCUT2D eigenvalue weighted by molar-refractivity contribution is 0.0735. The summed E-state index contributed by atoms with van der Waals surface area (Å²) in [6, 6.07) is 14.2. The summed E-state index contributed by atoms with van der Waals surface area (Å²) < 4.78 is 33.3. The van der Waals surface area contributed by atoms with Gasteiger partial charge in [-0.3, -0.25) is 4.79 Å². The number of hydrogen-bond acceptors (Lipinski definition) is 4. The SMILES string of the molecule is CCOc1ccc(C2CCCN2C(=O)c2cccc(S(=O)(=O)NCC3CC3)c2)cc1. The normalized spacial score (nSPS) is 19.1. The maximum atomic E-state index is 13.2. The summed E-state index contributed by atoms with van der Waals surface area (Å²) in [4.78, 5) is 15.2. The van der Waals surface area contributed by atoms with Crippen molar-refractivity contribution in [3.63, 3.8) is 0 Å². The van der Waals surface area contributed by atoms with E-state index in [4.69, 9.17) is 4.74 Å². The number of carbonyl (C=O) groups excluding carboxylic acids is 1. The van der Waals surface area contributed by atoms with E-state index in [0.717, 1.165) is 37.0 Å². The largest absolute Gasteiger partial charge is 0.494 e. The first-order valence-electron chi connectivity index (χ1n) is 10.6. The molecule has 0 bridgehead atoms. The van der Waals surface area contributed by atoms with Crippen LogP contribution in [0.1, 0.15) is 54.6 Å². The molecule has 2 aliphatic rings. The number of sulfonamides is 1. The third-order valence-electron chi connectivity index (χ3n) is 5.74. The highest BCUT2D eigenvalue weighted by Crippen LogP contribution is 2.34. The quantitative estimate of drug-likeness (QED) is 0.695. The van der Waals surface area contributed by atoms with E-state index in [2.05, 4.69) is 4.72 Å². The van der Waals surface area contributed by atoms with Crippen LogP contribution in [-0.2, 0) is 10.0 Å². The van der Waals surface area contributed by atoms with Crippen molar-refractivity contribution in [3.05, 3.63) is 59.7 Å². The Morgan fingerprint density at radius 2 is 1.90 bits per heavy atom.